The van der Waals surface area contributed by atoms with Crippen molar-refractivity contribution in [2.24, 2.45) is 0 Å². The van der Waals surface area contributed by atoms with Crippen molar-refractivity contribution < 1.29 is 8.83 Å². The lowest BCUT2D eigenvalue weighted by Gasteiger charge is -2.19. The van der Waals surface area contributed by atoms with Crippen molar-refractivity contribution in [2.45, 2.75) is 0 Å². The fraction of sp³-hybridized carbons (Fsp3) is 0. The molecule has 9 rings (SSSR count). The van der Waals surface area contributed by atoms with Crippen molar-refractivity contribution in [1.82, 2.24) is 0 Å². The van der Waals surface area contributed by atoms with Gasteiger partial charge in [0, 0.05) is 27.1 Å². The van der Waals surface area contributed by atoms with Crippen molar-refractivity contribution in [1.29, 1.82) is 5.26 Å². The van der Waals surface area contributed by atoms with Crippen molar-refractivity contribution in [3.8, 4) is 50.6 Å². The van der Waals surface area contributed by atoms with Crippen molar-refractivity contribution >= 4 is 43.9 Å². The van der Waals surface area contributed by atoms with Crippen LogP contribution in [0.1, 0.15) is 5.56 Å². The molecule has 0 aliphatic rings. The van der Waals surface area contributed by atoms with Crippen LogP contribution in [0.4, 0.5) is 0 Å². The van der Waals surface area contributed by atoms with Gasteiger partial charge in [-0.1, -0.05) is 97.1 Å². The molecule has 0 saturated heterocycles. The van der Waals surface area contributed by atoms with Crippen LogP contribution in [0.3, 0.4) is 0 Å². The monoisotopic (exact) mass is 587 g/mol. The third-order valence-corrected chi connectivity index (χ3v) is 8.96. The summed E-state index contributed by atoms with van der Waals surface area (Å²) >= 11 is 0. The van der Waals surface area contributed by atoms with Gasteiger partial charge in [0.1, 0.15) is 22.3 Å². The standard InChI is InChI=1S/C43H25NO2/c44-26-30-12-4-5-13-31(30)39-25-37(28-18-20-34-32-14-6-8-16-40(32)45-42(34)22-28)36(27-10-2-1-3-11-27)24-38(39)29-19-21-35-33-15-7-9-17-41(33)46-43(35)23-29/h1-25H. The highest BCUT2D eigenvalue weighted by Gasteiger charge is 2.20. The number of para-hydroxylation sites is 2. The fourth-order valence-electron chi connectivity index (χ4n) is 6.76. The number of hydrogen-bond acceptors (Lipinski definition) is 3. The van der Waals surface area contributed by atoms with Crippen LogP contribution in [0, 0.1) is 11.3 Å². The zero-order valence-corrected chi connectivity index (χ0v) is 24.7. The molecule has 9 aromatic rings. The minimum Gasteiger partial charge on any atom is -0.456 e. The Morgan fingerprint density at radius 1 is 0.348 bits per heavy atom. The quantitative estimate of drug-likeness (QED) is 0.206. The van der Waals surface area contributed by atoms with E-state index in [-0.39, 0.29) is 0 Å². The average molecular weight is 588 g/mol. The van der Waals surface area contributed by atoms with E-state index in [1.54, 1.807) is 0 Å². The van der Waals surface area contributed by atoms with Crippen LogP contribution in [0.15, 0.2) is 160 Å². The Kier molecular flexibility index (Phi) is 5.88. The van der Waals surface area contributed by atoms with Gasteiger partial charge in [-0.15, -0.1) is 0 Å². The van der Waals surface area contributed by atoms with E-state index in [1.165, 1.54) is 0 Å². The molecular formula is C43H25NO2. The highest BCUT2D eigenvalue weighted by atomic mass is 16.3. The van der Waals surface area contributed by atoms with Crippen LogP contribution in [-0.4, -0.2) is 0 Å². The molecule has 0 fully saturated rings. The van der Waals surface area contributed by atoms with Gasteiger partial charge in [-0.25, -0.2) is 0 Å². The summed E-state index contributed by atoms with van der Waals surface area (Å²) in [4.78, 5) is 0. The average Bonchev–Trinajstić information content (AvgIpc) is 3.69. The first kappa shape index (κ1) is 26.1. The summed E-state index contributed by atoms with van der Waals surface area (Å²) in [6.07, 6.45) is 0. The molecule has 3 nitrogen and oxygen atoms in total. The predicted octanol–water partition coefficient (Wildman–Crippen LogP) is 12.0. The summed E-state index contributed by atoms with van der Waals surface area (Å²) in [5.41, 5.74) is 12.2. The van der Waals surface area contributed by atoms with E-state index in [4.69, 9.17) is 8.83 Å². The minimum atomic E-state index is 0.625. The van der Waals surface area contributed by atoms with Crippen LogP contribution >= 0.6 is 0 Å². The Bertz CT molecular complexity index is 2650. The molecule has 3 heteroatoms. The van der Waals surface area contributed by atoms with Crippen molar-refractivity contribution in [3.63, 3.8) is 0 Å². The normalized spacial score (nSPS) is 11.5. The molecule has 7 aromatic carbocycles. The van der Waals surface area contributed by atoms with Crippen LogP contribution in [0.5, 0.6) is 0 Å². The summed E-state index contributed by atoms with van der Waals surface area (Å²) in [7, 11) is 0. The molecule has 0 saturated carbocycles. The predicted molar refractivity (Wildman–Crippen MR) is 187 cm³/mol. The SMILES string of the molecule is N#Cc1ccccc1-c1cc(-c2ccc3c(c2)oc2ccccc23)c(-c2ccccc2)cc1-c1ccc2c(c1)oc1ccccc12. The molecule has 0 spiro atoms. The van der Waals surface area contributed by atoms with Crippen LogP contribution in [-0.2, 0) is 0 Å². The van der Waals surface area contributed by atoms with E-state index < -0.39 is 0 Å². The molecule has 0 amide bonds. The molecule has 2 heterocycles. The Hall–Kier alpha value is -6.37. The number of furan rings is 2. The molecule has 0 atom stereocenters. The van der Waals surface area contributed by atoms with Gasteiger partial charge in [-0.2, -0.15) is 5.26 Å². The van der Waals surface area contributed by atoms with Gasteiger partial charge in [0.15, 0.2) is 0 Å². The van der Waals surface area contributed by atoms with E-state index in [0.717, 1.165) is 88.4 Å². The van der Waals surface area contributed by atoms with E-state index in [1.807, 2.05) is 66.7 Å². The van der Waals surface area contributed by atoms with Gasteiger partial charge in [0.2, 0.25) is 0 Å². The maximum absolute atomic E-state index is 10.2. The highest BCUT2D eigenvalue weighted by Crippen LogP contribution is 2.45. The van der Waals surface area contributed by atoms with E-state index >= 15 is 0 Å². The van der Waals surface area contributed by atoms with Crippen LogP contribution in [0.25, 0.3) is 88.4 Å². The Balaban J connectivity index is 1.35. The molecular weight excluding hydrogens is 562 g/mol. The first-order valence-electron chi connectivity index (χ1n) is 15.3. The first-order chi connectivity index (χ1) is 22.7. The lowest BCUT2D eigenvalue weighted by Crippen LogP contribution is -1.94. The minimum absolute atomic E-state index is 0.625. The number of nitrogens with zero attached hydrogens (tertiary/aromatic N) is 1. The fourth-order valence-corrected chi connectivity index (χ4v) is 6.76. The van der Waals surface area contributed by atoms with Gasteiger partial charge in [-0.3, -0.25) is 0 Å². The van der Waals surface area contributed by atoms with E-state index in [2.05, 4.69) is 91.0 Å². The van der Waals surface area contributed by atoms with E-state index in [0.29, 0.717) is 5.56 Å². The molecule has 214 valence electrons. The summed E-state index contributed by atoms with van der Waals surface area (Å²) in [5.74, 6) is 0. The summed E-state index contributed by atoms with van der Waals surface area (Å²) in [6.45, 7) is 0. The lowest BCUT2D eigenvalue weighted by molar-refractivity contribution is 0.668. The van der Waals surface area contributed by atoms with Crippen LogP contribution in [0.2, 0.25) is 0 Å². The summed E-state index contributed by atoms with van der Waals surface area (Å²) < 4.78 is 12.6. The zero-order valence-electron chi connectivity index (χ0n) is 24.7. The third kappa shape index (κ3) is 4.13. The maximum Gasteiger partial charge on any atom is 0.136 e. The topological polar surface area (TPSA) is 50.1 Å². The molecule has 0 aliphatic heterocycles. The lowest BCUT2D eigenvalue weighted by atomic mass is 9.84. The summed E-state index contributed by atoms with van der Waals surface area (Å²) in [5, 5.41) is 14.6. The zero-order chi connectivity index (χ0) is 30.6. The van der Waals surface area contributed by atoms with E-state index in [9.17, 15) is 5.26 Å². The smallest absolute Gasteiger partial charge is 0.136 e. The molecule has 0 N–H and O–H groups in total. The maximum atomic E-state index is 10.2. The van der Waals surface area contributed by atoms with Gasteiger partial charge in [0.25, 0.3) is 0 Å². The molecule has 2 aromatic heterocycles. The van der Waals surface area contributed by atoms with Gasteiger partial charge in [-0.05, 0) is 93.5 Å². The second-order valence-electron chi connectivity index (χ2n) is 11.6. The number of fused-ring (bicyclic) bond motifs is 6. The second-order valence-corrected chi connectivity index (χ2v) is 11.6. The van der Waals surface area contributed by atoms with Gasteiger partial charge >= 0.3 is 0 Å². The molecule has 46 heavy (non-hydrogen) atoms. The molecule has 0 bridgehead atoms. The van der Waals surface area contributed by atoms with Gasteiger partial charge < -0.3 is 8.83 Å². The van der Waals surface area contributed by atoms with Gasteiger partial charge in [0.05, 0.1) is 11.6 Å². The molecule has 0 unspecified atom stereocenters. The number of nitriles is 1. The first-order valence-corrected chi connectivity index (χ1v) is 15.3. The third-order valence-electron chi connectivity index (χ3n) is 8.96. The second kappa shape index (κ2) is 10.4. The summed E-state index contributed by atoms with van der Waals surface area (Å²) in [6, 6.07) is 54.4. The Morgan fingerprint density at radius 2 is 0.826 bits per heavy atom. The number of hydrogen-bond donors (Lipinski definition) is 0. The molecule has 0 aliphatic carbocycles. The number of rotatable bonds is 4. The Labute approximate surface area is 265 Å². The number of benzene rings is 7. The van der Waals surface area contributed by atoms with Crippen molar-refractivity contribution in [2.75, 3.05) is 0 Å². The Morgan fingerprint density at radius 3 is 1.46 bits per heavy atom. The molecule has 0 radical (unpaired) electrons. The van der Waals surface area contributed by atoms with Crippen LogP contribution < -0.4 is 0 Å². The highest BCUT2D eigenvalue weighted by molar-refractivity contribution is 6.08. The van der Waals surface area contributed by atoms with Crippen molar-refractivity contribution in [3.05, 3.63) is 157 Å². The largest absolute Gasteiger partial charge is 0.456 e.